The Hall–Kier alpha value is -2.80. The van der Waals surface area contributed by atoms with Crippen LogP contribution in [0.5, 0.6) is 5.88 Å². The van der Waals surface area contributed by atoms with Crippen molar-refractivity contribution in [2.45, 2.75) is 6.54 Å². The van der Waals surface area contributed by atoms with E-state index < -0.39 is 0 Å². The Bertz CT molecular complexity index is 902. The minimum absolute atomic E-state index is 0.0458. The SMILES string of the molecule is NC(=S)N=Nc1c(O)n(Cc2ccc(F)cc2)c2ccccc12. The lowest BCUT2D eigenvalue weighted by Crippen LogP contribution is -2.01. The average Bonchev–Trinajstić information content (AvgIpc) is 2.80. The van der Waals surface area contributed by atoms with E-state index in [0.717, 1.165) is 16.5 Å². The van der Waals surface area contributed by atoms with Gasteiger partial charge in [-0.05, 0) is 36.0 Å². The summed E-state index contributed by atoms with van der Waals surface area (Å²) in [5.74, 6) is -0.350. The highest BCUT2D eigenvalue weighted by molar-refractivity contribution is 7.80. The van der Waals surface area contributed by atoms with Gasteiger partial charge in [0.05, 0.1) is 12.1 Å². The molecule has 1 heterocycles. The lowest BCUT2D eigenvalue weighted by atomic mass is 10.2. The molecule has 0 aliphatic rings. The summed E-state index contributed by atoms with van der Waals surface area (Å²) in [5, 5.41) is 18.7. The van der Waals surface area contributed by atoms with Gasteiger partial charge in [-0.25, -0.2) is 4.39 Å². The van der Waals surface area contributed by atoms with Crippen LogP contribution in [0.3, 0.4) is 0 Å². The maximum Gasteiger partial charge on any atom is 0.221 e. The van der Waals surface area contributed by atoms with Gasteiger partial charge in [-0.1, -0.05) is 30.3 Å². The molecule has 0 amide bonds. The first-order chi connectivity index (χ1) is 11.1. The second-order valence-corrected chi connectivity index (χ2v) is 5.36. The molecule has 2 aromatic carbocycles. The van der Waals surface area contributed by atoms with Gasteiger partial charge >= 0.3 is 0 Å². The van der Waals surface area contributed by atoms with E-state index >= 15 is 0 Å². The third-order valence-corrected chi connectivity index (χ3v) is 3.50. The number of fused-ring (bicyclic) bond motifs is 1. The van der Waals surface area contributed by atoms with Crippen LogP contribution >= 0.6 is 12.2 Å². The first kappa shape index (κ1) is 15.1. The summed E-state index contributed by atoms with van der Waals surface area (Å²) >= 11 is 4.68. The maximum atomic E-state index is 13.0. The molecule has 0 bridgehead atoms. The molecule has 3 N–H and O–H groups in total. The van der Waals surface area contributed by atoms with Crippen LogP contribution in [0.25, 0.3) is 10.9 Å². The van der Waals surface area contributed by atoms with Gasteiger partial charge in [-0.15, -0.1) is 10.2 Å². The minimum Gasteiger partial charge on any atom is -0.493 e. The third-order valence-electron chi connectivity index (χ3n) is 3.42. The molecule has 0 radical (unpaired) electrons. The maximum absolute atomic E-state index is 13.0. The van der Waals surface area contributed by atoms with E-state index in [1.54, 1.807) is 16.7 Å². The molecule has 0 unspecified atom stereocenters. The van der Waals surface area contributed by atoms with E-state index in [-0.39, 0.29) is 16.8 Å². The van der Waals surface area contributed by atoms with Crippen LogP contribution in [0, 0.1) is 5.82 Å². The van der Waals surface area contributed by atoms with Crippen LogP contribution in [-0.4, -0.2) is 14.8 Å². The van der Waals surface area contributed by atoms with E-state index in [2.05, 4.69) is 22.4 Å². The monoisotopic (exact) mass is 328 g/mol. The van der Waals surface area contributed by atoms with Crippen molar-refractivity contribution in [3.8, 4) is 5.88 Å². The van der Waals surface area contributed by atoms with Crippen LogP contribution in [0.15, 0.2) is 58.8 Å². The number of nitrogens with zero attached hydrogens (tertiary/aromatic N) is 3. The largest absolute Gasteiger partial charge is 0.493 e. The van der Waals surface area contributed by atoms with Gasteiger partial charge in [0.1, 0.15) is 5.82 Å². The summed E-state index contributed by atoms with van der Waals surface area (Å²) in [6.07, 6.45) is 0. The highest BCUT2D eigenvalue weighted by Crippen LogP contribution is 2.39. The van der Waals surface area contributed by atoms with Gasteiger partial charge in [-0.2, -0.15) is 0 Å². The molecular formula is C16H13FN4OS. The first-order valence-electron chi connectivity index (χ1n) is 6.82. The molecule has 3 rings (SSSR count). The Morgan fingerprint density at radius 3 is 2.57 bits per heavy atom. The highest BCUT2D eigenvalue weighted by atomic mass is 32.1. The van der Waals surface area contributed by atoms with Crippen molar-refractivity contribution in [3.05, 3.63) is 59.9 Å². The zero-order valence-electron chi connectivity index (χ0n) is 12.0. The van der Waals surface area contributed by atoms with E-state index in [1.807, 2.05) is 24.3 Å². The summed E-state index contributed by atoms with van der Waals surface area (Å²) in [7, 11) is 0. The normalized spacial score (nSPS) is 11.3. The predicted molar refractivity (Wildman–Crippen MR) is 90.4 cm³/mol. The highest BCUT2D eigenvalue weighted by Gasteiger charge is 2.16. The van der Waals surface area contributed by atoms with Crippen LogP contribution in [-0.2, 0) is 6.54 Å². The van der Waals surface area contributed by atoms with E-state index in [0.29, 0.717) is 12.2 Å². The molecular weight excluding hydrogens is 315 g/mol. The number of para-hydroxylation sites is 1. The van der Waals surface area contributed by atoms with Crippen molar-refractivity contribution < 1.29 is 9.50 Å². The van der Waals surface area contributed by atoms with Crippen molar-refractivity contribution >= 4 is 33.9 Å². The van der Waals surface area contributed by atoms with Gasteiger partial charge in [0.2, 0.25) is 11.0 Å². The second-order valence-electron chi connectivity index (χ2n) is 4.94. The molecule has 116 valence electrons. The van der Waals surface area contributed by atoms with E-state index in [4.69, 9.17) is 5.73 Å². The Balaban J connectivity index is 2.11. The number of halogens is 1. The number of benzene rings is 2. The number of aromatic hydroxyl groups is 1. The number of rotatable bonds is 3. The second kappa shape index (κ2) is 6.13. The van der Waals surface area contributed by atoms with Gasteiger partial charge < -0.3 is 15.4 Å². The fourth-order valence-electron chi connectivity index (χ4n) is 2.40. The fraction of sp³-hybridized carbons (Fsp3) is 0.0625. The Labute approximate surface area is 136 Å². The number of nitrogens with two attached hydrogens (primary N) is 1. The smallest absolute Gasteiger partial charge is 0.221 e. The van der Waals surface area contributed by atoms with Crippen molar-refractivity contribution in [1.82, 2.24) is 4.57 Å². The molecule has 0 spiro atoms. The predicted octanol–water partition coefficient (Wildman–Crippen LogP) is 3.86. The molecule has 0 aliphatic carbocycles. The molecule has 1 aromatic heterocycles. The zero-order valence-corrected chi connectivity index (χ0v) is 12.8. The molecule has 0 saturated carbocycles. The minimum atomic E-state index is -0.304. The lowest BCUT2D eigenvalue weighted by Gasteiger charge is -2.07. The van der Waals surface area contributed by atoms with Crippen LogP contribution in [0.4, 0.5) is 10.1 Å². The Morgan fingerprint density at radius 2 is 1.87 bits per heavy atom. The summed E-state index contributed by atoms with van der Waals surface area (Å²) in [6, 6.07) is 13.5. The van der Waals surface area contributed by atoms with Crippen molar-refractivity contribution in [2.24, 2.45) is 16.0 Å². The summed E-state index contributed by atoms with van der Waals surface area (Å²) < 4.78 is 14.7. The van der Waals surface area contributed by atoms with Gasteiger partial charge in [-0.3, -0.25) is 0 Å². The van der Waals surface area contributed by atoms with Gasteiger partial charge in [0.15, 0.2) is 5.69 Å². The van der Waals surface area contributed by atoms with Gasteiger partial charge in [0.25, 0.3) is 0 Å². The van der Waals surface area contributed by atoms with Crippen molar-refractivity contribution in [2.75, 3.05) is 0 Å². The number of hydrogen-bond acceptors (Lipinski definition) is 3. The zero-order chi connectivity index (χ0) is 16.4. The number of azo groups is 1. The first-order valence-corrected chi connectivity index (χ1v) is 7.23. The van der Waals surface area contributed by atoms with E-state index in [9.17, 15) is 9.50 Å². The topological polar surface area (TPSA) is 75.9 Å². The lowest BCUT2D eigenvalue weighted by molar-refractivity contribution is 0.429. The van der Waals surface area contributed by atoms with Gasteiger partial charge in [0, 0.05) is 5.39 Å². The van der Waals surface area contributed by atoms with Crippen molar-refractivity contribution in [3.63, 3.8) is 0 Å². The molecule has 3 aromatic rings. The third kappa shape index (κ3) is 3.04. The summed E-state index contributed by atoms with van der Waals surface area (Å²) in [5.41, 5.74) is 7.26. The number of hydrogen-bond donors (Lipinski definition) is 2. The van der Waals surface area contributed by atoms with Crippen molar-refractivity contribution in [1.29, 1.82) is 0 Å². The van der Waals surface area contributed by atoms with E-state index in [1.165, 1.54) is 12.1 Å². The molecule has 0 fully saturated rings. The Kier molecular flexibility index (Phi) is 4.03. The van der Waals surface area contributed by atoms with Crippen LogP contribution in [0.2, 0.25) is 0 Å². The summed E-state index contributed by atoms with van der Waals surface area (Å²) in [6.45, 7) is 0.370. The Morgan fingerprint density at radius 1 is 1.17 bits per heavy atom. The molecule has 0 aliphatic heterocycles. The molecule has 23 heavy (non-hydrogen) atoms. The standard InChI is InChI=1S/C16H13FN4OS/c17-11-7-5-10(6-8-11)9-21-13-4-2-1-3-12(13)14(15(21)22)19-20-16(18)23/h1-8,22H,9H2,(H2,18,23). The average molecular weight is 328 g/mol. The van der Waals surface area contributed by atoms with Crippen LogP contribution in [0.1, 0.15) is 5.56 Å². The molecule has 0 atom stereocenters. The fourth-order valence-corrected chi connectivity index (χ4v) is 2.44. The quantitative estimate of drug-likeness (QED) is 0.566. The van der Waals surface area contributed by atoms with Crippen LogP contribution < -0.4 is 5.73 Å². The molecule has 7 heteroatoms. The number of thiocarbonyl (C=S) groups is 1. The number of aromatic nitrogens is 1. The molecule has 5 nitrogen and oxygen atoms in total. The molecule has 0 saturated heterocycles. The summed E-state index contributed by atoms with van der Waals surface area (Å²) in [4.78, 5) is 0.